The largest absolute Gasteiger partial charge is 0.326 e. The van der Waals surface area contributed by atoms with Crippen molar-refractivity contribution in [2.75, 3.05) is 0 Å². The molecule has 4 aromatic rings. The van der Waals surface area contributed by atoms with Crippen LogP contribution in [0.4, 0.5) is 0 Å². The van der Waals surface area contributed by atoms with E-state index in [1.54, 1.807) is 4.52 Å². The van der Waals surface area contributed by atoms with Crippen molar-refractivity contribution in [1.82, 2.24) is 29.1 Å². The third-order valence-electron chi connectivity index (χ3n) is 4.55. The van der Waals surface area contributed by atoms with Gasteiger partial charge in [-0.3, -0.25) is 0 Å². The maximum Gasteiger partial charge on any atom is 0.252 e. The second-order valence-electron chi connectivity index (χ2n) is 6.40. The van der Waals surface area contributed by atoms with Crippen molar-refractivity contribution in [1.29, 1.82) is 0 Å². The number of fused-ring (bicyclic) bond motifs is 4. The Hall–Kier alpha value is -2.67. The minimum absolute atomic E-state index is 0.285. The Kier molecular flexibility index (Phi) is 3.03. The molecule has 0 aliphatic carbocycles. The SMILES string of the molecule is Cc1cc(C)n2nc(C(S)c3cn4c(n3)-c3ccccc3C4)nc2n1. The summed E-state index contributed by atoms with van der Waals surface area (Å²) in [6, 6.07) is 10.3. The summed E-state index contributed by atoms with van der Waals surface area (Å²) in [5, 5.41) is 4.29. The van der Waals surface area contributed by atoms with E-state index in [1.165, 1.54) is 11.1 Å². The molecule has 124 valence electrons. The van der Waals surface area contributed by atoms with Gasteiger partial charge in [-0.2, -0.15) is 17.6 Å². The van der Waals surface area contributed by atoms with Crippen molar-refractivity contribution in [3.8, 4) is 11.4 Å². The Labute approximate surface area is 150 Å². The monoisotopic (exact) mass is 348 g/mol. The highest BCUT2D eigenvalue weighted by atomic mass is 32.1. The van der Waals surface area contributed by atoms with E-state index in [0.717, 1.165) is 29.5 Å². The van der Waals surface area contributed by atoms with Gasteiger partial charge in [0.1, 0.15) is 11.1 Å². The fourth-order valence-electron chi connectivity index (χ4n) is 3.39. The molecular weight excluding hydrogens is 332 g/mol. The third kappa shape index (κ3) is 2.19. The van der Waals surface area contributed by atoms with Crippen molar-refractivity contribution < 1.29 is 0 Å². The molecule has 1 aliphatic rings. The Balaban J connectivity index is 1.56. The number of aryl methyl sites for hydroxylation is 2. The maximum absolute atomic E-state index is 4.80. The fourth-order valence-corrected chi connectivity index (χ4v) is 3.63. The van der Waals surface area contributed by atoms with Crippen molar-refractivity contribution >= 4 is 18.4 Å². The van der Waals surface area contributed by atoms with Gasteiger partial charge >= 0.3 is 0 Å². The molecule has 0 amide bonds. The smallest absolute Gasteiger partial charge is 0.252 e. The normalized spacial score (nSPS) is 13.9. The second-order valence-corrected chi connectivity index (χ2v) is 6.91. The van der Waals surface area contributed by atoms with Gasteiger partial charge in [-0.05, 0) is 25.5 Å². The minimum atomic E-state index is -0.285. The lowest BCUT2D eigenvalue weighted by Gasteiger charge is -2.03. The van der Waals surface area contributed by atoms with E-state index in [1.807, 2.05) is 32.2 Å². The van der Waals surface area contributed by atoms with Gasteiger partial charge in [0.25, 0.3) is 5.78 Å². The second kappa shape index (κ2) is 5.16. The van der Waals surface area contributed by atoms with E-state index in [9.17, 15) is 0 Å². The van der Waals surface area contributed by atoms with Crippen LogP contribution >= 0.6 is 12.6 Å². The molecule has 0 fully saturated rings. The van der Waals surface area contributed by atoms with Crippen molar-refractivity contribution in [2.45, 2.75) is 25.6 Å². The Morgan fingerprint density at radius 1 is 1.12 bits per heavy atom. The molecule has 1 aromatic carbocycles. The summed E-state index contributed by atoms with van der Waals surface area (Å²) in [6.07, 6.45) is 2.05. The summed E-state index contributed by atoms with van der Waals surface area (Å²) < 4.78 is 3.91. The summed E-state index contributed by atoms with van der Waals surface area (Å²) in [5.41, 5.74) is 5.28. The highest BCUT2D eigenvalue weighted by Gasteiger charge is 2.25. The van der Waals surface area contributed by atoms with Crippen molar-refractivity contribution in [3.63, 3.8) is 0 Å². The van der Waals surface area contributed by atoms with Crippen LogP contribution in [0.15, 0.2) is 36.5 Å². The van der Waals surface area contributed by atoms with Crippen LogP contribution in [0.1, 0.15) is 33.7 Å². The van der Waals surface area contributed by atoms with Gasteiger partial charge in [-0.15, -0.1) is 5.10 Å². The van der Waals surface area contributed by atoms with Gasteiger partial charge in [0.2, 0.25) is 0 Å². The molecule has 3 aromatic heterocycles. The molecule has 1 unspecified atom stereocenters. The molecule has 0 saturated heterocycles. The predicted octanol–water partition coefficient (Wildman–Crippen LogP) is 2.99. The standard InChI is InChI=1S/C18H16N6S/c1-10-7-11(2)24-18(19-10)21-16(22-24)15(25)14-9-23-8-12-5-3-4-6-13(12)17(23)20-14/h3-7,9,15,25H,8H2,1-2H3. The first-order valence-electron chi connectivity index (χ1n) is 8.14. The number of hydrogen-bond acceptors (Lipinski definition) is 5. The van der Waals surface area contributed by atoms with Crippen LogP contribution in [-0.4, -0.2) is 29.1 Å². The van der Waals surface area contributed by atoms with Crippen LogP contribution in [0.2, 0.25) is 0 Å². The van der Waals surface area contributed by atoms with Crippen LogP contribution in [0, 0.1) is 13.8 Å². The summed E-state index contributed by atoms with van der Waals surface area (Å²) in [7, 11) is 0. The van der Waals surface area contributed by atoms with Gasteiger partial charge in [-0.1, -0.05) is 24.3 Å². The molecule has 7 heteroatoms. The van der Waals surface area contributed by atoms with E-state index in [2.05, 4.69) is 37.8 Å². The molecule has 0 radical (unpaired) electrons. The number of rotatable bonds is 2. The van der Waals surface area contributed by atoms with Gasteiger partial charge in [-0.25, -0.2) is 14.5 Å². The number of benzene rings is 1. The lowest BCUT2D eigenvalue weighted by Crippen LogP contribution is -1.99. The lowest BCUT2D eigenvalue weighted by molar-refractivity contribution is 0.834. The molecular formula is C18H16N6S. The molecule has 0 bridgehead atoms. The fraction of sp³-hybridized carbons (Fsp3) is 0.222. The number of hydrogen-bond donors (Lipinski definition) is 1. The van der Waals surface area contributed by atoms with Crippen LogP contribution in [0.25, 0.3) is 17.2 Å². The summed E-state index contributed by atoms with van der Waals surface area (Å²) in [4.78, 5) is 13.8. The molecule has 0 spiro atoms. The minimum Gasteiger partial charge on any atom is -0.326 e. The van der Waals surface area contributed by atoms with Gasteiger partial charge in [0, 0.05) is 29.7 Å². The van der Waals surface area contributed by atoms with Gasteiger partial charge in [0.15, 0.2) is 5.82 Å². The van der Waals surface area contributed by atoms with E-state index < -0.39 is 0 Å². The average Bonchev–Trinajstić information content (AvgIpc) is 3.25. The first-order valence-corrected chi connectivity index (χ1v) is 8.66. The quantitative estimate of drug-likeness (QED) is 0.498. The van der Waals surface area contributed by atoms with E-state index in [4.69, 9.17) is 17.6 Å². The van der Waals surface area contributed by atoms with E-state index in [-0.39, 0.29) is 5.25 Å². The third-order valence-corrected chi connectivity index (χ3v) is 5.05. The van der Waals surface area contributed by atoms with Crippen LogP contribution < -0.4 is 0 Å². The highest BCUT2D eigenvalue weighted by molar-refractivity contribution is 7.80. The molecule has 0 saturated carbocycles. The van der Waals surface area contributed by atoms with Crippen LogP contribution in [-0.2, 0) is 6.54 Å². The number of nitrogens with zero attached hydrogens (tertiary/aromatic N) is 6. The molecule has 4 heterocycles. The maximum atomic E-state index is 4.80. The number of thiol groups is 1. The van der Waals surface area contributed by atoms with Crippen molar-refractivity contribution in [3.05, 3.63) is 65.0 Å². The summed E-state index contributed by atoms with van der Waals surface area (Å²) in [5.74, 6) is 2.21. The van der Waals surface area contributed by atoms with Crippen molar-refractivity contribution in [2.24, 2.45) is 0 Å². The summed E-state index contributed by atoms with van der Waals surface area (Å²) in [6.45, 7) is 4.80. The average molecular weight is 348 g/mol. The molecule has 25 heavy (non-hydrogen) atoms. The molecule has 1 atom stereocenters. The Morgan fingerprint density at radius 2 is 1.96 bits per heavy atom. The lowest BCUT2D eigenvalue weighted by atomic mass is 10.1. The zero-order valence-electron chi connectivity index (χ0n) is 13.9. The Bertz CT molecular complexity index is 1130. The molecule has 5 rings (SSSR count). The van der Waals surface area contributed by atoms with Crippen LogP contribution in [0.5, 0.6) is 0 Å². The molecule has 0 N–H and O–H groups in total. The van der Waals surface area contributed by atoms with E-state index in [0.29, 0.717) is 11.6 Å². The van der Waals surface area contributed by atoms with Crippen LogP contribution in [0.3, 0.4) is 0 Å². The number of imidazole rings is 1. The predicted molar refractivity (Wildman–Crippen MR) is 97.9 cm³/mol. The Morgan fingerprint density at radius 3 is 2.84 bits per heavy atom. The molecule has 1 aliphatic heterocycles. The van der Waals surface area contributed by atoms with Gasteiger partial charge < -0.3 is 4.57 Å². The zero-order valence-corrected chi connectivity index (χ0v) is 14.8. The zero-order chi connectivity index (χ0) is 17.1. The molecule has 6 nitrogen and oxygen atoms in total. The highest BCUT2D eigenvalue weighted by Crippen LogP contribution is 2.34. The van der Waals surface area contributed by atoms with E-state index >= 15 is 0 Å². The first-order chi connectivity index (χ1) is 12.1. The topological polar surface area (TPSA) is 60.9 Å². The number of aromatic nitrogens is 6. The summed E-state index contributed by atoms with van der Waals surface area (Å²) >= 11 is 4.73. The van der Waals surface area contributed by atoms with Gasteiger partial charge in [0.05, 0.1) is 5.69 Å². The first kappa shape index (κ1) is 14.7.